The molecule has 6 nitrogen and oxygen atoms in total. The van der Waals surface area contributed by atoms with Gasteiger partial charge in [0, 0.05) is 50.6 Å². The van der Waals surface area contributed by atoms with Gasteiger partial charge in [-0.05, 0) is 64.7 Å². The van der Waals surface area contributed by atoms with E-state index >= 15 is 0 Å². The van der Waals surface area contributed by atoms with Gasteiger partial charge in [0.15, 0.2) is 0 Å². The standard InChI is InChI=1S/C47H37N6.Pt/c1-46(2,3)33-25-31(26-34(27-33)52-30-51(4)44-45(52)50-24-23-49-44)29-47(39-16-8-5-13-35(39)36-14-6-9-17-40(36)47)32-20-21-38-37-15-7-10-18-41(37)53(42(38)28-32)43-19-11-12-22-48-43;/h5-25,27,30H,29H2,1-4H3;/q-3;. The number of pyridine rings is 1. The Hall–Kier alpha value is -5.58. The minimum absolute atomic E-state index is 0. The second-order valence-corrected chi connectivity index (χ2v) is 15.2. The topological polar surface area (TPSA) is 50.1 Å². The van der Waals surface area contributed by atoms with E-state index in [4.69, 9.17) is 9.97 Å². The average molecular weight is 881 g/mol. The molecule has 0 saturated heterocycles. The van der Waals surface area contributed by atoms with Crippen LogP contribution in [0.4, 0.5) is 17.3 Å². The van der Waals surface area contributed by atoms with Crippen molar-refractivity contribution in [3.63, 3.8) is 0 Å². The molecule has 1 aliphatic carbocycles. The molecule has 3 aromatic heterocycles. The van der Waals surface area contributed by atoms with Gasteiger partial charge in [-0.3, -0.25) is 0 Å². The molecule has 268 valence electrons. The number of para-hydroxylation sites is 1. The quantitative estimate of drug-likeness (QED) is 0.161. The molecule has 4 heterocycles. The Morgan fingerprint density at radius 3 is 2.09 bits per heavy atom. The van der Waals surface area contributed by atoms with Gasteiger partial charge in [0.25, 0.3) is 0 Å². The predicted octanol–water partition coefficient (Wildman–Crippen LogP) is 10.1. The first-order valence-electron chi connectivity index (χ1n) is 18.1. The second kappa shape index (κ2) is 12.8. The first kappa shape index (κ1) is 34.2. The van der Waals surface area contributed by atoms with E-state index < -0.39 is 5.41 Å². The Balaban J connectivity index is 0.00000384. The number of anilines is 3. The fraction of sp³-hybridized carbons (Fsp3) is 0.149. The van der Waals surface area contributed by atoms with Crippen molar-refractivity contribution in [3.8, 4) is 16.9 Å². The molecule has 0 radical (unpaired) electrons. The summed E-state index contributed by atoms with van der Waals surface area (Å²) in [4.78, 5) is 18.3. The monoisotopic (exact) mass is 880 g/mol. The zero-order chi connectivity index (χ0) is 35.9. The van der Waals surface area contributed by atoms with Crippen molar-refractivity contribution in [1.29, 1.82) is 0 Å². The van der Waals surface area contributed by atoms with Crippen molar-refractivity contribution in [1.82, 2.24) is 19.5 Å². The first-order valence-corrected chi connectivity index (χ1v) is 18.1. The van der Waals surface area contributed by atoms with Crippen LogP contribution in [0.1, 0.15) is 48.6 Å². The van der Waals surface area contributed by atoms with Crippen molar-refractivity contribution >= 4 is 39.1 Å². The molecule has 5 aromatic carbocycles. The molecule has 2 aliphatic rings. The van der Waals surface area contributed by atoms with Crippen LogP contribution in [0.25, 0.3) is 38.8 Å². The van der Waals surface area contributed by atoms with Gasteiger partial charge in [-0.2, -0.15) is 41.5 Å². The molecule has 8 aromatic rings. The molecule has 0 saturated carbocycles. The van der Waals surface area contributed by atoms with Crippen molar-refractivity contribution in [2.24, 2.45) is 0 Å². The van der Waals surface area contributed by atoms with Crippen LogP contribution in [0.5, 0.6) is 0 Å². The minimum Gasteiger partial charge on any atom is -0.487 e. The van der Waals surface area contributed by atoms with Crippen molar-refractivity contribution < 1.29 is 21.1 Å². The van der Waals surface area contributed by atoms with E-state index in [1.54, 1.807) is 12.4 Å². The summed E-state index contributed by atoms with van der Waals surface area (Å²) < 4.78 is 2.26. The van der Waals surface area contributed by atoms with E-state index in [-0.39, 0.29) is 26.5 Å². The van der Waals surface area contributed by atoms with Gasteiger partial charge in [-0.25, -0.2) is 15.0 Å². The molecule has 7 heteroatoms. The normalized spacial score (nSPS) is 14.2. The summed E-state index contributed by atoms with van der Waals surface area (Å²) in [5.74, 6) is 2.50. The smallest absolute Gasteiger partial charge is 0.143 e. The number of aromatic nitrogens is 4. The van der Waals surface area contributed by atoms with E-state index in [0.717, 1.165) is 50.7 Å². The predicted molar refractivity (Wildman–Crippen MR) is 214 cm³/mol. The van der Waals surface area contributed by atoms with Crippen LogP contribution < -0.4 is 9.80 Å². The van der Waals surface area contributed by atoms with Crippen LogP contribution >= 0.6 is 0 Å². The Morgan fingerprint density at radius 1 is 0.685 bits per heavy atom. The summed E-state index contributed by atoms with van der Waals surface area (Å²) in [6.07, 6.45) is 6.04. The van der Waals surface area contributed by atoms with Crippen LogP contribution in [0.15, 0.2) is 134 Å². The van der Waals surface area contributed by atoms with E-state index in [1.807, 2.05) is 30.3 Å². The average Bonchev–Trinajstić information content (AvgIpc) is 3.81. The number of hydrogen-bond acceptors (Lipinski definition) is 5. The number of fused-ring (bicyclic) bond motifs is 7. The minimum atomic E-state index is -0.555. The summed E-state index contributed by atoms with van der Waals surface area (Å²) in [6.45, 7) is 8.88. The number of benzene rings is 5. The zero-order valence-electron chi connectivity index (χ0n) is 30.5. The van der Waals surface area contributed by atoms with Gasteiger partial charge in [-0.15, -0.1) is 29.4 Å². The first-order chi connectivity index (χ1) is 25.8. The Labute approximate surface area is 330 Å². The summed E-state index contributed by atoms with van der Waals surface area (Å²) in [5.41, 5.74) is 10.9. The maximum atomic E-state index is 4.82. The third kappa shape index (κ3) is 5.15. The van der Waals surface area contributed by atoms with Crippen LogP contribution in [0.2, 0.25) is 0 Å². The number of nitrogens with zero attached hydrogens (tertiary/aromatic N) is 6. The number of rotatable bonds is 5. The maximum Gasteiger partial charge on any atom is 0.143 e. The Kier molecular flexibility index (Phi) is 8.09. The van der Waals surface area contributed by atoms with Crippen LogP contribution in [0.3, 0.4) is 0 Å². The number of hydrogen-bond donors (Lipinski definition) is 0. The molecule has 0 atom stereocenters. The summed E-state index contributed by atoms with van der Waals surface area (Å²) in [6, 6.07) is 49.7. The SMILES string of the molecule is CN1[CH-]N(c2[c-]c(CC3(c4[c-]c5c(cc4)c4ccccc4n5-c4ccccn4)c4ccccc4-c4ccccc43)cc(C(C)(C)C)c2)c2nccnc21.[Pt]. The molecule has 10 rings (SSSR count). The van der Waals surface area contributed by atoms with Gasteiger partial charge >= 0.3 is 0 Å². The van der Waals surface area contributed by atoms with Crippen LogP contribution in [0, 0.1) is 18.8 Å². The Bertz CT molecular complexity index is 2670. The summed E-state index contributed by atoms with van der Waals surface area (Å²) in [5, 5.41) is 2.34. The summed E-state index contributed by atoms with van der Waals surface area (Å²) in [7, 11) is 2.01. The largest absolute Gasteiger partial charge is 0.487 e. The molecule has 0 N–H and O–H groups in total. The third-order valence-electron chi connectivity index (χ3n) is 11.0. The Morgan fingerprint density at radius 2 is 1.37 bits per heavy atom. The third-order valence-corrected chi connectivity index (χ3v) is 11.0. The van der Waals surface area contributed by atoms with E-state index in [2.05, 4.69) is 157 Å². The molecule has 0 amide bonds. The molecule has 0 unspecified atom stereocenters. The van der Waals surface area contributed by atoms with Crippen molar-refractivity contribution in [2.45, 2.75) is 38.0 Å². The second-order valence-electron chi connectivity index (χ2n) is 15.2. The van der Waals surface area contributed by atoms with Crippen LogP contribution in [-0.4, -0.2) is 26.6 Å². The van der Waals surface area contributed by atoms with Crippen molar-refractivity contribution in [3.05, 3.63) is 180 Å². The summed E-state index contributed by atoms with van der Waals surface area (Å²) >= 11 is 0. The molecule has 0 fully saturated rings. The fourth-order valence-electron chi connectivity index (χ4n) is 8.52. The van der Waals surface area contributed by atoms with Crippen LogP contribution in [-0.2, 0) is 38.3 Å². The van der Waals surface area contributed by atoms with E-state index in [1.165, 1.54) is 33.2 Å². The molecule has 0 spiro atoms. The van der Waals surface area contributed by atoms with E-state index in [0.29, 0.717) is 6.42 Å². The molecular formula is C47H37N6Pt-3. The zero-order valence-corrected chi connectivity index (χ0v) is 32.8. The molecule has 0 bridgehead atoms. The van der Waals surface area contributed by atoms with Gasteiger partial charge in [0.1, 0.15) is 17.5 Å². The van der Waals surface area contributed by atoms with Gasteiger partial charge < -0.3 is 14.4 Å². The van der Waals surface area contributed by atoms with Crippen molar-refractivity contribution in [2.75, 3.05) is 16.8 Å². The molecule has 1 aliphatic heterocycles. The van der Waals surface area contributed by atoms with Gasteiger partial charge in [-0.1, -0.05) is 99.1 Å². The van der Waals surface area contributed by atoms with Gasteiger partial charge in [0.05, 0.1) is 0 Å². The van der Waals surface area contributed by atoms with Gasteiger partial charge in [0.2, 0.25) is 0 Å². The van der Waals surface area contributed by atoms with E-state index in [9.17, 15) is 0 Å². The maximum absolute atomic E-state index is 4.82. The fourth-order valence-corrected chi connectivity index (χ4v) is 8.52. The molecule has 54 heavy (non-hydrogen) atoms. The molecular weight excluding hydrogens is 844 g/mol.